The second-order valence-corrected chi connectivity index (χ2v) is 21.2. The molecule has 7 aliphatic rings. The summed E-state index contributed by atoms with van der Waals surface area (Å²) in [6, 6.07) is 0. The molecule has 0 bridgehead atoms. The number of unbranched alkanes of at least 4 members (excludes halogenated alkanes) is 10. The lowest BCUT2D eigenvalue weighted by Crippen LogP contribution is -2.31. The van der Waals surface area contributed by atoms with Crippen LogP contribution >= 0.6 is 0 Å². The summed E-state index contributed by atoms with van der Waals surface area (Å²) in [5.74, 6) is 13.2. The van der Waals surface area contributed by atoms with Crippen molar-refractivity contribution in [2.24, 2.45) is 71.0 Å². The van der Waals surface area contributed by atoms with E-state index in [1.165, 1.54) is 103 Å². The number of ether oxygens (including phenoxy) is 2. The first-order valence-electron chi connectivity index (χ1n) is 24.4. The highest BCUT2D eigenvalue weighted by Gasteiger charge is 2.49. The van der Waals surface area contributed by atoms with Crippen molar-refractivity contribution < 1.29 is 9.47 Å². The van der Waals surface area contributed by atoms with E-state index in [1.807, 2.05) is 0 Å². The Bertz CT molecular complexity index is 976. The Morgan fingerprint density at radius 2 is 0.808 bits per heavy atom. The average Bonchev–Trinajstić information content (AvgIpc) is 3.89. The lowest BCUT2D eigenvalue weighted by molar-refractivity contribution is -0.180. The summed E-state index contributed by atoms with van der Waals surface area (Å²) >= 11 is 0. The van der Waals surface area contributed by atoms with Crippen LogP contribution in [0.15, 0.2) is 0 Å². The fourth-order valence-corrected chi connectivity index (χ4v) is 12.0. The van der Waals surface area contributed by atoms with Gasteiger partial charge < -0.3 is 14.4 Å². The van der Waals surface area contributed by atoms with Crippen LogP contribution in [0, 0.1) is 71.0 Å². The molecular formula is C49H87NO2. The molecule has 13 atom stereocenters. The summed E-state index contributed by atoms with van der Waals surface area (Å²) in [6.45, 7) is 6.69. The molecule has 300 valence electrons. The Morgan fingerprint density at radius 1 is 0.442 bits per heavy atom. The second-order valence-electron chi connectivity index (χ2n) is 21.2. The van der Waals surface area contributed by atoms with Crippen molar-refractivity contribution in [3.8, 4) is 0 Å². The normalized spacial score (nSPS) is 41.1. The van der Waals surface area contributed by atoms with Gasteiger partial charge in [0.15, 0.2) is 5.79 Å². The highest BCUT2D eigenvalue weighted by Crippen LogP contribution is 2.59. The Morgan fingerprint density at radius 3 is 1.23 bits per heavy atom. The van der Waals surface area contributed by atoms with Gasteiger partial charge in [0.05, 0.1) is 12.7 Å². The molecule has 1 heterocycles. The van der Waals surface area contributed by atoms with E-state index >= 15 is 0 Å². The summed E-state index contributed by atoms with van der Waals surface area (Å²) in [5.41, 5.74) is 0. The third-order valence-electron chi connectivity index (χ3n) is 16.5. The van der Waals surface area contributed by atoms with E-state index < -0.39 is 0 Å². The predicted octanol–water partition coefficient (Wildman–Crippen LogP) is 13.5. The van der Waals surface area contributed by atoms with Crippen LogP contribution in [-0.4, -0.2) is 44.0 Å². The van der Waals surface area contributed by atoms with Crippen LogP contribution in [-0.2, 0) is 9.47 Å². The monoisotopic (exact) mass is 722 g/mol. The van der Waals surface area contributed by atoms with Crippen LogP contribution in [0.2, 0.25) is 0 Å². The molecule has 1 saturated heterocycles. The zero-order valence-electron chi connectivity index (χ0n) is 35.2. The zero-order chi connectivity index (χ0) is 35.9. The van der Waals surface area contributed by atoms with E-state index in [4.69, 9.17) is 9.47 Å². The summed E-state index contributed by atoms with van der Waals surface area (Å²) in [7, 11) is 4.35. The largest absolute Gasteiger partial charge is 0.347 e. The molecule has 1 aliphatic heterocycles. The molecule has 6 aliphatic carbocycles. The van der Waals surface area contributed by atoms with Gasteiger partial charge in [-0.25, -0.2) is 0 Å². The topological polar surface area (TPSA) is 21.7 Å². The molecule has 52 heavy (non-hydrogen) atoms. The van der Waals surface area contributed by atoms with Gasteiger partial charge in [-0.05, 0) is 169 Å². The van der Waals surface area contributed by atoms with Crippen LogP contribution < -0.4 is 0 Å². The highest BCUT2D eigenvalue weighted by atomic mass is 16.7. The van der Waals surface area contributed by atoms with Crippen molar-refractivity contribution in [2.45, 2.75) is 212 Å². The van der Waals surface area contributed by atoms with Gasteiger partial charge in [0, 0.05) is 19.4 Å². The van der Waals surface area contributed by atoms with Gasteiger partial charge in [-0.3, -0.25) is 0 Å². The first-order chi connectivity index (χ1) is 25.4. The van der Waals surface area contributed by atoms with Gasteiger partial charge >= 0.3 is 0 Å². The van der Waals surface area contributed by atoms with Crippen molar-refractivity contribution in [3.63, 3.8) is 0 Å². The second kappa shape index (κ2) is 19.4. The zero-order valence-corrected chi connectivity index (χ0v) is 35.2. The third-order valence-corrected chi connectivity index (χ3v) is 16.5. The minimum absolute atomic E-state index is 0.285. The summed E-state index contributed by atoms with van der Waals surface area (Å²) in [5, 5.41) is 0. The standard InChI is InChI=1S/C49H87NO2/c1-5-36-25-40(36)29-44-33-46(44)31-42-27-38(42)19-15-11-7-9-13-17-22-49(51-35-48(52-49)21-24-50(3)4)23-18-14-10-8-12-16-20-39-28-43(39)32-47-34-45(47)30-41-26-37(41)6-2/h36-48H,5-35H2,1-4H3. The van der Waals surface area contributed by atoms with Crippen LogP contribution in [0.25, 0.3) is 0 Å². The first kappa shape index (κ1) is 40.1. The van der Waals surface area contributed by atoms with Gasteiger partial charge in [0.1, 0.15) is 0 Å². The molecule has 0 aromatic carbocycles. The molecule has 0 aromatic heterocycles. The molecule has 0 aromatic rings. The van der Waals surface area contributed by atoms with Crippen LogP contribution in [0.1, 0.15) is 200 Å². The molecule has 0 amide bonds. The Labute approximate surface area is 323 Å². The van der Waals surface area contributed by atoms with Crippen molar-refractivity contribution >= 4 is 0 Å². The van der Waals surface area contributed by atoms with E-state index in [0.717, 1.165) is 103 Å². The predicted molar refractivity (Wildman–Crippen MR) is 219 cm³/mol. The summed E-state index contributed by atoms with van der Waals surface area (Å²) in [4.78, 5) is 2.29. The summed E-state index contributed by atoms with van der Waals surface area (Å²) in [6.07, 6.45) is 42.2. The molecular weight excluding hydrogens is 635 g/mol. The highest BCUT2D eigenvalue weighted by molar-refractivity contribution is 4.99. The Kier molecular flexibility index (Phi) is 14.9. The number of rotatable bonds is 31. The lowest BCUT2D eigenvalue weighted by Gasteiger charge is -2.29. The van der Waals surface area contributed by atoms with E-state index in [1.54, 1.807) is 64.2 Å². The molecule has 0 radical (unpaired) electrons. The number of hydrogen-bond acceptors (Lipinski definition) is 3. The molecule has 7 rings (SSSR count). The first-order valence-corrected chi connectivity index (χ1v) is 24.4. The smallest absolute Gasteiger partial charge is 0.168 e. The SMILES string of the molecule is CCC1CC1CC1CC1CC1CC1CCCCCCCCC1(CCCCCCCCC2CC2CC2CC2CC2CC2CC)OCC(CCN(C)C)O1. The average molecular weight is 722 g/mol. The molecule has 0 N–H and O–H groups in total. The number of hydrogen-bond donors (Lipinski definition) is 0. The van der Waals surface area contributed by atoms with Crippen molar-refractivity contribution in [2.75, 3.05) is 27.2 Å². The minimum Gasteiger partial charge on any atom is -0.347 e. The van der Waals surface area contributed by atoms with Crippen LogP contribution in [0.5, 0.6) is 0 Å². The van der Waals surface area contributed by atoms with Crippen molar-refractivity contribution in [3.05, 3.63) is 0 Å². The quantitative estimate of drug-likeness (QED) is 0.0665. The van der Waals surface area contributed by atoms with Gasteiger partial charge in [-0.2, -0.15) is 0 Å². The lowest BCUT2D eigenvalue weighted by atomic mass is 9.98. The van der Waals surface area contributed by atoms with Crippen molar-refractivity contribution in [1.29, 1.82) is 0 Å². The maximum atomic E-state index is 6.77. The molecule has 13 unspecified atom stereocenters. The van der Waals surface area contributed by atoms with E-state index in [-0.39, 0.29) is 11.9 Å². The summed E-state index contributed by atoms with van der Waals surface area (Å²) < 4.78 is 13.3. The van der Waals surface area contributed by atoms with Gasteiger partial charge in [0.25, 0.3) is 0 Å². The third kappa shape index (κ3) is 13.0. The molecule has 0 spiro atoms. The Balaban J connectivity index is 0.676. The van der Waals surface area contributed by atoms with Crippen molar-refractivity contribution in [1.82, 2.24) is 4.90 Å². The maximum absolute atomic E-state index is 6.77. The fraction of sp³-hybridized carbons (Fsp3) is 1.00. The maximum Gasteiger partial charge on any atom is 0.168 e. The molecule has 6 saturated carbocycles. The van der Waals surface area contributed by atoms with Gasteiger partial charge in [0.2, 0.25) is 0 Å². The van der Waals surface area contributed by atoms with E-state index in [9.17, 15) is 0 Å². The van der Waals surface area contributed by atoms with Crippen LogP contribution in [0.3, 0.4) is 0 Å². The molecule has 7 fully saturated rings. The number of nitrogens with zero attached hydrogens (tertiary/aromatic N) is 1. The molecule has 3 heteroatoms. The fourth-order valence-electron chi connectivity index (χ4n) is 12.0. The van der Waals surface area contributed by atoms with Gasteiger partial charge in [-0.1, -0.05) is 104 Å². The Hall–Kier alpha value is -0.120. The van der Waals surface area contributed by atoms with Crippen LogP contribution in [0.4, 0.5) is 0 Å². The van der Waals surface area contributed by atoms with E-state index in [0.29, 0.717) is 0 Å². The van der Waals surface area contributed by atoms with Gasteiger partial charge in [-0.15, -0.1) is 0 Å². The molecule has 3 nitrogen and oxygen atoms in total. The minimum atomic E-state index is -0.285. The van der Waals surface area contributed by atoms with E-state index in [2.05, 4.69) is 32.8 Å².